The number of hydrogen-bond donors (Lipinski definition) is 1. The summed E-state index contributed by atoms with van der Waals surface area (Å²) in [6.45, 7) is 5.95. The Balaban J connectivity index is 2.04. The zero-order valence-electron chi connectivity index (χ0n) is 12.4. The molecule has 2 nitrogen and oxygen atoms in total. The first-order valence-electron chi connectivity index (χ1n) is 6.94. The summed E-state index contributed by atoms with van der Waals surface area (Å²) < 4.78 is 19.1. The van der Waals surface area contributed by atoms with E-state index in [-0.39, 0.29) is 17.2 Å². The molecule has 0 aromatic heterocycles. The summed E-state index contributed by atoms with van der Waals surface area (Å²) in [7, 11) is 0. The van der Waals surface area contributed by atoms with E-state index in [4.69, 9.17) is 16.3 Å². The Hall–Kier alpha value is -1.74. The maximum absolute atomic E-state index is 13.5. The summed E-state index contributed by atoms with van der Waals surface area (Å²) in [6, 6.07) is 12.5. The van der Waals surface area contributed by atoms with Crippen molar-refractivity contribution in [2.24, 2.45) is 0 Å². The highest BCUT2D eigenvalue weighted by Gasteiger charge is 2.08. The SMILES string of the molecule is CC(C)Oc1ccc(NC(C)c2ccc(Cl)c(F)c2)cc1. The van der Waals surface area contributed by atoms with Gasteiger partial charge in [0.2, 0.25) is 0 Å². The Morgan fingerprint density at radius 2 is 1.71 bits per heavy atom. The topological polar surface area (TPSA) is 21.3 Å². The minimum Gasteiger partial charge on any atom is -0.491 e. The molecule has 2 aromatic rings. The molecule has 112 valence electrons. The third kappa shape index (κ3) is 4.36. The van der Waals surface area contributed by atoms with Crippen LogP contribution in [0.3, 0.4) is 0 Å². The van der Waals surface area contributed by atoms with Crippen LogP contribution in [0.1, 0.15) is 32.4 Å². The Bertz CT molecular complexity index is 598. The van der Waals surface area contributed by atoms with Crippen LogP contribution in [0.4, 0.5) is 10.1 Å². The second kappa shape index (κ2) is 6.81. The fraction of sp³-hybridized carbons (Fsp3) is 0.294. The highest BCUT2D eigenvalue weighted by Crippen LogP contribution is 2.24. The molecule has 0 aliphatic rings. The predicted octanol–water partition coefficient (Wildman–Crippen LogP) is 5.44. The largest absolute Gasteiger partial charge is 0.491 e. The molecule has 0 radical (unpaired) electrons. The molecule has 0 bridgehead atoms. The van der Waals surface area contributed by atoms with Crippen molar-refractivity contribution in [2.45, 2.75) is 32.9 Å². The number of hydrogen-bond acceptors (Lipinski definition) is 2. The van der Waals surface area contributed by atoms with E-state index in [1.54, 1.807) is 6.07 Å². The Kier molecular flexibility index (Phi) is 5.07. The lowest BCUT2D eigenvalue weighted by atomic mass is 10.1. The molecule has 21 heavy (non-hydrogen) atoms. The van der Waals surface area contributed by atoms with E-state index >= 15 is 0 Å². The normalized spacial score (nSPS) is 12.3. The Morgan fingerprint density at radius 1 is 1.05 bits per heavy atom. The van der Waals surface area contributed by atoms with E-state index in [0.717, 1.165) is 17.0 Å². The second-order valence-electron chi connectivity index (χ2n) is 5.23. The van der Waals surface area contributed by atoms with Gasteiger partial charge in [-0.25, -0.2) is 4.39 Å². The molecule has 1 N–H and O–H groups in total. The molecule has 2 aromatic carbocycles. The van der Waals surface area contributed by atoms with Crippen LogP contribution in [0, 0.1) is 5.82 Å². The smallest absolute Gasteiger partial charge is 0.142 e. The average molecular weight is 308 g/mol. The third-order valence-corrected chi connectivity index (χ3v) is 3.36. The molecule has 1 unspecified atom stereocenters. The van der Waals surface area contributed by atoms with Gasteiger partial charge in [0.15, 0.2) is 0 Å². The molecule has 2 rings (SSSR count). The van der Waals surface area contributed by atoms with E-state index in [1.807, 2.05) is 51.1 Å². The summed E-state index contributed by atoms with van der Waals surface area (Å²) in [6.07, 6.45) is 0.153. The van der Waals surface area contributed by atoms with Gasteiger partial charge in [0.1, 0.15) is 11.6 Å². The van der Waals surface area contributed by atoms with Gasteiger partial charge < -0.3 is 10.1 Å². The molecule has 0 spiro atoms. The molecular weight excluding hydrogens is 289 g/mol. The lowest BCUT2D eigenvalue weighted by Crippen LogP contribution is -2.08. The highest BCUT2D eigenvalue weighted by atomic mass is 35.5. The maximum atomic E-state index is 13.5. The summed E-state index contributed by atoms with van der Waals surface area (Å²) in [5.74, 6) is 0.434. The van der Waals surface area contributed by atoms with Crippen LogP contribution in [0.15, 0.2) is 42.5 Å². The van der Waals surface area contributed by atoms with Crippen molar-refractivity contribution in [2.75, 3.05) is 5.32 Å². The van der Waals surface area contributed by atoms with Crippen LogP contribution in [0.5, 0.6) is 5.75 Å². The number of rotatable bonds is 5. The highest BCUT2D eigenvalue weighted by molar-refractivity contribution is 6.30. The lowest BCUT2D eigenvalue weighted by Gasteiger charge is -2.17. The predicted molar refractivity (Wildman–Crippen MR) is 85.7 cm³/mol. The Labute approximate surface area is 129 Å². The minimum atomic E-state index is -0.400. The van der Waals surface area contributed by atoms with Gasteiger partial charge in [0.25, 0.3) is 0 Å². The zero-order valence-corrected chi connectivity index (χ0v) is 13.1. The molecular formula is C17H19ClFNO. The van der Waals surface area contributed by atoms with Gasteiger partial charge in [-0.2, -0.15) is 0 Å². The first-order chi connectivity index (χ1) is 9.95. The number of halogens is 2. The molecule has 0 heterocycles. The van der Waals surface area contributed by atoms with Crippen molar-refractivity contribution in [1.29, 1.82) is 0 Å². The number of benzene rings is 2. The molecule has 0 aliphatic carbocycles. The molecule has 0 saturated carbocycles. The van der Waals surface area contributed by atoms with Crippen molar-refractivity contribution in [3.8, 4) is 5.75 Å². The van der Waals surface area contributed by atoms with Crippen LogP contribution in [-0.4, -0.2) is 6.10 Å². The molecule has 0 amide bonds. The first-order valence-corrected chi connectivity index (χ1v) is 7.31. The Morgan fingerprint density at radius 3 is 2.29 bits per heavy atom. The van der Waals surface area contributed by atoms with Crippen LogP contribution in [-0.2, 0) is 0 Å². The van der Waals surface area contributed by atoms with Crippen molar-refractivity contribution in [3.63, 3.8) is 0 Å². The van der Waals surface area contributed by atoms with Gasteiger partial charge >= 0.3 is 0 Å². The van der Waals surface area contributed by atoms with Gasteiger partial charge in [0, 0.05) is 11.7 Å². The quantitative estimate of drug-likeness (QED) is 0.794. The van der Waals surface area contributed by atoms with E-state index in [0.29, 0.717) is 0 Å². The van der Waals surface area contributed by atoms with E-state index < -0.39 is 5.82 Å². The summed E-state index contributed by atoms with van der Waals surface area (Å²) in [5.41, 5.74) is 1.80. The van der Waals surface area contributed by atoms with E-state index in [9.17, 15) is 4.39 Å². The van der Waals surface area contributed by atoms with E-state index in [1.165, 1.54) is 6.07 Å². The average Bonchev–Trinajstić information content (AvgIpc) is 2.43. The first kappa shape index (κ1) is 15.6. The fourth-order valence-electron chi connectivity index (χ4n) is 2.02. The molecule has 1 atom stereocenters. The van der Waals surface area contributed by atoms with Crippen LogP contribution >= 0.6 is 11.6 Å². The molecule has 0 fully saturated rings. The standard InChI is InChI=1S/C17H19ClFNO/c1-11(2)21-15-7-5-14(6-8-15)20-12(3)13-4-9-16(18)17(19)10-13/h4-12,20H,1-3H3. The summed E-state index contributed by atoms with van der Waals surface area (Å²) in [4.78, 5) is 0. The van der Waals surface area contributed by atoms with Crippen LogP contribution in [0.25, 0.3) is 0 Å². The maximum Gasteiger partial charge on any atom is 0.142 e. The zero-order chi connectivity index (χ0) is 15.4. The van der Waals surface area contributed by atoms with Gasteiger partial charge in [-0.3, -0.25) is 0 Å². The van der Waals surface area contributed by atoms with Crippen molar-refractivity contribution >= 4 is 17.3 Å². The third-order valence-electron chi connectivity index (χ3n) is 3.05. The van der Waals surface area contributed by atoms with Gasteiger partial charge in [-0.1, -0.05) is 17.7 Å². The number of ether oxygens (including phenoxy) is 1. The minimum absolute atomic E-state index is 0.0198. The molecule has 0 aliphatic heterocycles. The summed E-state index contributed by atoms with van der Waals surface area (Å²) in [5, 5.41) is 3.46. The fourth-order valence-corrected chi connectivity index (χ4v) is 2.13. The van der Waals surface area contributed by atoms with Crippen molar-refractivity contribution < 1.29 is 9.13 Å². The van der Waals surface area contributed by atoms with Crippen LogP contribution in [0.2, 0.25) is 5.02 Å². The number of anilines is 1. The van der Waals surface area contributed by atoms with Gasteiger partial charge in [-0.15, -0.1) is 0 Å². The number of nitrogens with one attached hydrogen (secondary N) is 1. The van der Waals surface area contributed by atoms with Crippen LogP contribution < -0.4 is 10.1 Å². The van der Waals surface area contributed by atoms with E-state index in [2.05, 4.69) is 5.32 Å². The second-order valence-corrected chi connectivity index (χ2v) is 5.64. The molecule has 0 saturated heterocycles. The van der Waals surface area contributed by atoms with Gasteiger partial charge in [-0.05, 0) is 62.7 Å². The summed E-state index contributed by atoms with van der Waals surface area (Å²) >= 11 is 5.70. The lowest BCUT2D eigenvalue weighted by molar-refractivity contribution is 0.242. The molecule has 4 heteroatoms. The van der Waals surface area contributed by atoms with Gasteiger partial charge in [0.05, 0.1) is 11.1 Å². The van der Waals surface area contributed by atoms with Crippen molar-refractivity contribution in [3.05, 3.63) is 58.9 Å². The monoisotopic (exact) mass is 307 g/mol. The van der Waals surface area contributed by atoms with Crippen molar-refractivity contribution in [1.82, 2.24) is 0 Å².